The lowest BCUT2D eigenvalue weighted by molar-refractivity contribution is 0.307. The molecule has 2 aliphatic rings. The van der Waals surface area contributed by atoms with Crippen molar-refractivity contribution in [2.45, 2.75) is 50.0 Å². The summed E-state index contributed by atoms with van der Waals surface area (Å²) in [5.41, 5.74) is 3.60. The van der Waals surface area contributed by atoms with Gasteiger partial charge in [0.1, 0.15) is 0 Å². The van der Waals surface area contributed by atoms with Crippen molar-refractivity contribution < 1.29 is 0 Å². The third-order valence-electron chi connectivity index (χ3n) is 4.63. The fourth-order valence-corrected chi connectivity index (χ4v) is 2.76. The van der Waals surface area contributed by atoms with Gasteiger partial charge in [0, 0.05) is 6.04 Å². The molecule has 0 aliphatic heterocycles. The molecule has 2 saturated carbocycles. The van der Waals surface area contributed by atoms with Gasteiger partial charge >= 0.3 is 0 Å². The van der Waals surface area contributed by atoms with Crippen LogP contribution in [0, 0.1) is 0 Å². The van der Waals surface area contributed by atoms with Crippen molar-refractivity contribution in [1.29, 1.82) is 0 Å². The molecule has 0 bridgehead atoms. The Kier molecular flexibility index (Phi) is 2.32. The third-order valence-corrected chi connectivity index (χ3v) is 4.63. The summed E-state index contributed by atoms with van der Waals surface area (Å²) in [7, 11) is 2.07. The van der Waals surface area contributed by atoms with Crippen LogP contribution in [0.25, 0.3) is 0 Å². The summed E-state index contributed by atoms with van der Waals surface area (Å²) in [5, 5.41) is 3.35. The SMILES string of the molecule is CNC1CC(c2ccc(C3(C)CC3)cc2)C1. The minimum absolute atomic E-state index is 0.519. The summed E-state index contributed by atoms with van der Waals surface area (Å²) < 4.78 is 0. The largest absolute Gasteiger partial charge is 0.317 e. The van der Waals surface area contributed by atoms with Gasteiger partial charge in [-0.15, -0.1) is 0 Å². The van der Waals surface area contributed by atoms with Crippen molar-refractivity contribution in [2.24, 2.45) is 0 Å². The van der Waals surface area contributed by atoms with Gasteiger partial charge in [-0.25, -0.2) is 0 Å². The normalized spacial score (nSPS) is 30.9. The fourth-order valence-electron chi connectivity index (χ4n) is 2.76. The zero-order chi connectivity index (χ0) is 11.2. The van der Waals surface area contributed by atoms with Crippen LogP contribution < -0.4 is 5.32 Å². The molecule has 1 N–H and O–H groups in total. The molecule has 1 aromatic carbocycles. The van der Waals surface area contributed by atoms with Crippen LogP contribution in [0.3, 0.4) is 0 Å². The number of hydrogen-bond acceptors (Lipinski definition) is 1. The quantitative estimate of drug-likeness (QED) is 0.816. The highest BCUT2D eigenvalue weighted by atomic mass is 14.9. The molecule has 1 heteroatoms. The number of hydrogen-bond donors (Lipinski definition) is 1. The lowest BCUT2D eigenvalue weighted by atomic mass is 9.75. The molecule has 16 heavy (non-hydrogen) atoms. The highest BCUT2D eigenvalue weighted by Crippen LogP contribution is 2.48. The number of rotatable bonds is 3. The van der Waals surface area contributed by atoms with Crippen molar-refractivity contribution in [2.75, 3.05) is 7.05 Å². The predicted octanol–water partition coefficient (Wildman–Crippen LogP) is 3.20. The molecule has 0 radical (unpaired) electrons. The first-order valence-corrected chi connectivity index (χ1v) is 6.49. The average Bonchev–Trinajstić information content (AvgIpc) is 2.97. The third kappa shape index (κ3) is 1.67. The van der Waals surface area contributed by atoms with Crippen molar-refractivity contribution >= 4 is 0 Å². The van der Waals surface area contributed by atoms with Crippen LogP contribution in [0.1, 0.15) is 49.7 Å². The first-order valence-electron chi connectivity index (χ1n) is 6.49. The second-order valence-corrected chi connectivity index (χ2v) is 5.84. The molecular weight excluding hydrogens is 194 g/mol. The van der Waals surface area contributed by atoms with Gasteiger partial charge < -0.3 is 5.32 Å². The predicted molar refractivity (Wildman–Crippen MR) is 67.9 cm³/mol. The van der Waals surface area contributed by atoms with Crippen molar-refractivity contribution in [3.8, 4) is 0 Å². The highest BCUT2D eigenvalue weighted by Gasteiger charge is 2.39. The van der Waals surface area contributed by atoms with E-state index >= 15 is 0 Å². The van der Waals surface area contributed by atoms with E-state index in [1.165, 1.54) is 25.7 Å². The van der Waals surface area contributed by atoms with Crippen molar-refractivity contribution in [3.63, 3.8) is 0 Å². The maximum Gasteiger partial charge on any atom is 0.00757 e. The Morgan fingerprint density at radius 1 is 1.12 bits per heavy atom. The molecule has 0 unspecified atom stereocenters. The van der Waals surface area contributed by atoms with E-state index in [0.29, 0.717) is 5.41 Å². The van der Waals surface area contributed by atoms with Gasteiger partial charge in [0.05, 0.1) is 0 Å². The molecule has 0 heterocycles. The highest BCUT2D eigenvalue weighted by molar-refractivity contribution is 5.34. The topological polar surface area (TPSA) is 12.0 Å². The molecule has 2 fully saturated rings. The molecular formula is C15H21N. The van der Waals surface area contributed by atoms with E-state index in [0.717, 1.165) is 12.0 Å². The van der Waals surface area contributed by atoms with Gasteiger partial charge in [0.15, 0.2) is 0 Å². The smallest absolute Gasteiger partial charge is 0.00757 e. The van der Waals surface area contributed by atoms with Crippen LogP contribution >= 0.6 is 0 Å². The second-order valence-electron chi connectivity index (χ2n) is 5.84. The Morgan fingerprint density at radius 2 is 1.75 bits per heavy atom. The first-order chi connectivity index (χ1) is 7.71. The maximum atomic E-state index is 3.35. The van der Waals surface area contributed by atoms with Crippen LogP contribution in [-0.4, -0.2) is 13.1 Å². The molecule has 1 aromatic rings. The minimum atomic E-state index is 0.519. The summed E-state index contributed by atoms with van der Waals surface area (Å²) in [6.07, 6.45) is 5.37. The standard InChI is InChI=1S/C15H21N/c1-15(7-8-15)13-5-3-11(4-6-13)12-9-14(10-12)16-2/h3-6,12,14,16H,7-10H2,1-2H3. The maximum absolute atomic E-state index is 3.35. The fraction of sp³-hybridized carbons (Fsp3) is 0.600. The lowest BCUT2D eigenvalue weighted by Gasteiger charge is -2.35. The lowest BCUT2D eigenvalue weighted by Crippen LogP contribution is -2.37. The molecule has 86 valence electrons. The van der Waals surface area contributed by atoms with Gasteiger partial charge in [-0.2, -0.15) is 0 Å². The monoisotopic (exact) mass is 215 g/mol. The van der Waals surface area contributed by atoms with Crippen LogP contribution in [-0.2, 0) is 5.41 Å². The zero-order valence-electron chi connectivity index (χ0n) is 10.3. The van der Waals surface area contributed by atoms with Gasteiger partial charge in [-0.3, -0.25) is 0 Å². The minimum Gasteiger partial charge on any atom is -0.317 e. The molecule has 3 rings (SSSR count). The van der Waals surface area contributed by atoms with Crippen LogP contribution in [0.2, 0.25) is 0 Å². The summed E-state index contributed by atoms with van der Waals surface area (Å²) in [4.78, 5) is 0. The zero-order valence-corrected chi connectivity index (χ0v) is 10.3. The van der Waals surface area contributed by atoms with Crippen LogP contribution in [0.15, 0.2) is 24.3 Å². The molecule has 1 nitrogen and oxygen atoms in total. The Hall–Kier alpha value is -0.820. The molecule has 0 spiro atoms. The van der Waals surface area contributed by atoms with E-state index in [2.05, 4.69) is 43.6 Å². The van der Waals surface area contributed by atoms with E-state index < -0.39 is 0 Å². The van der Waals surface area contributed by atoms with Gasteiger partial charge in [0.2, 0.25) is 0 Å². The second kappa shape index (κ2) is 3.59. The van der Waals surface area contributed by atoms with Crippen LogP contribution in [0.5, 0.6) is 0 Å². The van der Waals surface area contributed by atoms with Gasteiger partial charge in [0.25, 0.3) is 0 Å². The van der Waals surface area contributed by atoms with E-state index in [-0.39, 0.29) is 0 Å². The van der Waals surface area contributed by atoms with Gasteiger partial charge in [-0.05, 0) is 55.2 Å². The van der Waals surface area contributed by atoms with E-state index in [1.54, 1.807) is 11.1 Å². The first kappa shape index (κ1) is 10.3. The molecule has 0 aromatic heterocycles. The molecule has 0 saturated heterocycles. The van der Waals surface area contributed by atoms with E-state index in [1.807, 2.05) is 0 Å². The average molecular weight is 215 g/mol. The summed E-state index contributed by atoms with van der Waals surface area (Å²) in [5.74, 6) is 0.804. The summed E-state index contributed by atoms with van der Waals surface area (Å²) in [6, 6.07) is 10.2. The Morgan fingerprint density at radius 3 is 2.25 bits per heavy atom. The molecule has 0 atom stereocenters. The summed E-state index contributed by atoms with van der Waals surface area (Å²) >= 11 is 0. The summed E-state index contributed by atoms with van der Waals surface area (Å²) in [6.45, 7) is 2.38. The Labute approximate surface area is 98.3 Å². The van der Waals surface area contributed by atoms with Crippen molar-refractivity contribution in [1.82, 2.24) is 5.32 Å². The van der Waals surface area contributed by atoms with E-state index in [4.69, 9.17) is 0 Å². The number of nitrogens with one attached hydrogen (secondary N) is 1. The Bertz CT molecular complexity index is 369. The van der Waals surface area contributed by atoms with Crippen molar-refractivity contribution in [3.05, 3.63) is 35.4 Å². The number of benzene rings is 1. The molecule has 0 amide bonds. The Balaban J connectivity index is 1.69. The van der Waals surface area contributed by atoms with Crippen LogP contribution in [0.4, 0.5) is 0 Å². The van der Waals surface area contributed by atoms with Gasteiger partial charge in [-0.1, -0.05) is 31.2 Å². The molecule has 2 aliphatic carbocycles. The van der Waals surface area contributed by atoms with E-state index in [9.17, 15) is 0 Å².